The fourth-order valence-corrected chi connectivity index (χ4v) is 4.32. The Bertz CT molecular complexity index is 795. The number of hydrogen-bond acceptors (Lipinski definition) is 5. The Kier molecular flexibility index (Phi) is 5.31. The summed E-state index contributed by atoms with van der Waals surface area (Å²) in [7, 11) is 0. The topological polar surface area (TPSA) is 64.3 Å². The molecule has 0 spiro atoms. The van der Waals surface area contributed by atoms with Crippen LogP contribution in [0, 0.1) is 12.5 Å². The average Bonchev–Trinajstić information content (AvgIpc) is 2.61. The lowest BCUT2D eigenvalue weighted by Crippen LogP contribution is -2.30. The third-order valence-electron chi connectivity index (χ3n) is 4.44. The fraction of sp³-hybridized carbons (Fsp3) is 0.444. The molecule has 1 fully saturated rings. The number of carbonyl (C=O) groups is 1. The van der Waals surface area contributed by atoms with Crippen molar-refractivity contribution >= 4 is 28.7 Å². The van der Waals surface area contributed by atoms with Crippen molar-refractivity contribution in [2.45, 2.75) is 55.9 Å². The standard InChI is InChI=1S/C18H19N3O2S/c1-2-19-15-11-13(7-6-10-22)16-17(24-15)18(23)21(12-20-16)14-8-4-3-5-9-14/h1,7,10,12,14H,3-6,8-9,11H2/b13-7+,19-15?. The van der Waals surface area contributed by atoms with E-state index >= 15 is 0 Å². The van der Waals surface area contributed by atoms with E-state index in [0.717, 1.165) is 37.5 Å². The van der Waals surface area contributed by atoms with Crippen molar-refractivity contribution in [3.8, 4) is 12.5 Å². The van der Waals surface area contributed by atoms with E-state index in [9.17, 15) is 9.59 Å². The lowest BCUT2D eigenvalue weighted by atomic mass is 9.95. The van der Waals surface area contributed by atoms with Crippen LogP contribution in [0.15, 0.2) is 27.1 Å². The van der Waals surface area contributed by atoms with Gasteiger partial charge in [-0.15, -0.1) is 0 Å². The van der Waals surface area contributed by atoms with Crippen LogP contribution in [0.3, 0.4) is 0 Å². The average molecular weight is 341 g/mol. The van der Waals surface area contributed by atoms with Crippen LogP contribution in [0.5, 0.6) is 0 Å². The summed E-state index contributed by atoms with van der Waals surface area (Å²) in [5.74, 6) is 0. The quantitative estimate of drug-likeness (QED) is 0.625. The minimum Gasteiger partial charge on any atom is -0.303 e. The van der Waals surface area contributed by atoms with E-state index in [1.54, 1.807) is 17.0 Å². The first kappa shape index (κ1) is 16.7. The van der Waals surface area contributed by atoms with Gasteiger partial charge in [-0.3, -0.25) is 9.36 Å². The zero-order valence-corrected chi connectivity index (χ0v) is 14.2. The predicted molar refractivity (Wildman–Crippen MR) is 96.0 cm³/mol. The molecule has 1 aromatic rings. The molecule has 0 bridgehead atoms. The van der Waals surface area contributed by atoms with Gasteiger partial charge in [0.1, 0.15) is 11.2 Å². The van der Waals surface area contributed by atoms with Crippen LogP contribution in [0.2, 0.25) is 0 Å². The number of hydrogen-bond donors (Lipinski definition) is 0. The van der Waals surface area contributed by atoms with Crippen LogP contribution < -0.4 is 5.56 Å². The summed E-state index contributed by atoms with van der Waals surface area (Å²) in [6.07, 6.45) is 15.9. The number of carbonyl (C=O) groups excluding carboxylic acids is 1. The molecule has 24 heavy (non-hydrogen) atoms. The van der Waals surface area contributed by atoms with Crippen molar-refractivity contribution in [3.05, 3.63) is 28.5 Å². The molecule has 1 saturated carbocycles. The van der Waals surface area contributed by atoms with Gasteiger partial charge < -0.3 is 4.79 Å². The van der Waals surface area contributed by atoms with E-state index in [0.29, 0.717) is 22.1 Å². The molecule has 0 atom stereocenters. The smallest absolute Gasteiger partial charge is 0.268 e. The van der Waals surface area contributed by atoms with Crippen LogP contribution in [0.4, 0.5) is 0 Å². The zero-order valence-electron chi connectivity index (χ0n) is 13.4. The van der Waals surface area contributed by atoms with Crippen molar-refractivity contribution < 1.29 is 4.79 Å². The molecule has 0 N–H and O–H groups in total. The number of fused-ring (bicyclic) bond motifs is 1. The van der Waals surface area contributed by atoms with Gasteiger partial charge in [-0.1, -0.05) is 43.5 Å². The monoisotopic (exact) mass is 341 g/mol. The maximum atomic E-state index is 13.0. The van der Waals surface area contributed by atoms with Gasteiger partial charge in [0.25, 0.3) is 5.56 Å². The summed E-state index contributed by atoms with van der Waals surface area (Å²) in [6.45, 7) is 0. The normalized spacial score (nSPS) is 21.5. The summed E-state index contributed by atoms with van der Waals surface area (Å²) >= 11 is 1.31. The SMILES string of the molecule is C#CN=C1C/C(=C\CC=O)c2ncn(C3CCCCC3)c(=O)c2S1. The molecule has 2 aliphatic rings. The van der Waals surface area contributed by atoms with E-state index in [1.165, 1.54) is 18.2 Å². The maximum Gasteiger partial charge on any atom is 0.268 e. The number of aldehydes is 1. The zero-order chi connectivity index (χ0) is 16.9. The summed E-state index contributed by atoms with van der Waals surface area (Å²) in [6, 6.07) is 2.51. The lowest BCUT2D eigenvalue weighted by Gasteiger charge is -2.26. The predicted octanol–water partition coefficient (Wildman–Crippen LogP) is 3.21. The van der Waals surface area contributed by atoms with Crippen LogP contribution in [-0.2, 0) is 4.79 Å². The van der Waals surface area contributed by atoms with Crippen molar-refractivity contribution in [3.63, 3.8) is 0 Å². The molecule has 1 aliphatic carbocycles. The number of terminal acetylenes is 1. The molecule has 0 amide bonds. The molecule has 0 aromatic carbocycles. The van der Waals surface area contributed by atoms with Gasteiger partial charge in [0.2, 0.25) is 0 Å². The molecule has 0 unspecified atom stereocenters. The largest absolute Gasteiger partial charge is 0.303 e. The van der Waals surface area contributed by atoms with Crippen molar-refractivity contribution in [1.29, 1.82) is 0 Å². The Labute approximate surface area is 145 Å². The highest BCUT2D eigenvalue weighted by atomic mass is 32.2. The summed E-state index contributed by atoms with van der Waals surface area (Å²) in [4.78, 5) is 32.8. The third kappa shape index (κ3) is 3.36. The Morgan fingerprint density at radius 2 is 2.21 bits per heavy atom. The third-order valence-corrected chi connectivity index (χ3v) is 5.48. The second-order valence-corrected chi connectivity index (χ2v) is 7.06. The van der Waals surface area contributed by atoms with Crippen LogP contribution in [0.25, 0.3) is 5.57 Å². The van der Waals surface area contributed by atoms with Gasteiger partial charge in [0.05, 0.1) is 17.1 Å². The van der Waals surface area contributed by atoms with E-state index in [1.807, 2.05) is 0 Å². The van der Waals surface area contributed by atoms with Crippen molar-refractivity contribution in [1.82, 2.24) is 9.55 Å². The van der Waals surface area contributed by atoms with Gasteiger partial charge in [-0.05, 0) is 18.4 Å². The van der Waals surface area contributed by atoms with E-state index in [-0.39, 0.29) is 18.0 Å². The van der Waals surface area contributed by atoms with Crippen molar-refractivity contribution in [2.75, 3.05) is 0 Å². The Morgan fingerprint density at radius 1 is 1.42 bits per heavy atom. The van der Waals surface area contributed by atoms with Crippen molar-refractivity contribution in [2.24, 2.45) is 4.99 Å². The first-order valence-corrected chi connectivity index (χ1v) is 9.00. The Morgan fingerprint density at radius 3 is 2.92 bits per heavy atom. The molecule has 124 valence electrons. The first-order valence-electron chi connectivity index (χ1n) is 8.18. The molecule has 0 radical (unpaired) electrons. The molecule has 6 heteroatoms. The van der Waals surface area contributed by atoms with Crippen LogP contribution in [-0.4, -0.2) is 20.9 Å². The van der Waals surface area contributed by atoms with Gasteiger partial charge in [0, 0.05) is 24.9 Å². The fourth-order valence-electron chi connectivity index (χ4n) is 3.28. The van der Waals surface area contributed by atoms with Gasteiger partial charge in [0.15, 0.2) is 0 Å². The molecular weight excluding hydrogens is 322 g/mol. The van der Waals surface area contributed by atoms with E-state index < -0.39 is 0 Å². The maximum absolute atomic E-state index is 13.0. The number of allylic oxidation sites excluding steroid dienone is 2. The van der Waals surface area contributed by atoms with E-state index in [4.69, 9.17) is 6.42 Å². The number of aromatic nitrogens is 2. The summed E-state index contributed by atoms with van der Waals surface area (Å²) in [5, 5.41) is 0.697. The molecule has 0 saturated heterocycles. The Balaban J connectivity index is 2.06. The highest BCUT2D eigenvalue weighted by molar-refractivity contribution is 8.14. The van der Waals surface area contributed by atoms with E-state index in [2.05, 4.69) is 16.0 Å². The highest BCUT2D eigenvalue weighted by Crippen LogP contribution is 2.36. The van der Waals surface area contributed by atoms with Gasteiger partial charge >= 0.3 is 0 Å². The summed E-state index contributed by atoms with van der Waals surface area (Å²) < 4.78 is 1.77. The number of nitrogens with zero attached hydrogens (tertiary/aromatic N) is 3. The summed E-state index contributed by atoms with van der Waals surface area (Å²) in [5.41, 5.74) is 1.48. The van der Waals surface area contributed by atoms with Gasteiger partial charge in [-0.2, -0.15) is 4.99 Å². The van der Waals surface area contributed by atoms with Crippen LogP contribution in [0.1, 0.15) is 56.7 Å². The molecule has 2 heterocycles. The minimum absolute atomic E-state index is 0.0293. The second-order valence-electron chi connectivity index (χ2n) is 5.97. The molecule has 5 nitrogen and oxygen atoms in total. The van der Waals surface area contributed by atoms with Gasteiger partial charge in [-0.25, -0.2) is 4.98 Å². The lowest BCUT2D eigenvalue weighted by molar-refractivity contribution is -0.107. The molecule has 3 rings (SSSR count). The van der Waals surface area contributed by atoms with Crippen LogP contribution >= 0.6 is 11.8 Å². The first-order chi connectivity index (χ1) is 11.7. The molecule has 1 aliphatic heterocycles. The Hall–Kier alpha value is -2.13. The highest BCUT2D eigenvalue weighted by Gasteiger charge is 2.26. The molecular formula is C18H19N3O2S. The number of rotatable bonds is 3. The number of thioether (sulfide) groups is 1. The minimum atomic E-state index is -0.0293. The molecule has 1 aromatic heterocycles. The second kappa shape index (κ2) is 7.63. The number of aliphatic imine (C=N–C) groups is 1.